The highest BCUT2D eigenvalue weighted by molar-refractivity contribution is 5.71. The van der Waals surface area contributed by atoms with E-state index in [0.29, 0.717) is 42.8 Å². The van der Waals surface area contributed by atoms with Crippen LogP contribution in [0.1, 0.15) is 24.2 Å². The molecule has 0 saturated heterocycles. The predicted octanol–water partition coefficient (Wildman–Crippen LogP) is -0.0515. The van der Waals surface area contributed by atoms with E-state index in [1.807, 2.05) is 24.3 Å². The molecule has 1 aromatic carbocycles. The zero-order valence-corrected chi connectivity index (χ0v) is 16.5. The third-order valence-corrected chi connectivity index (χ3v) is 4.95. The number of hydrogen-bond acceptors (Lipinski definition) is 5. The van der Waals surface area contributed by atoms with Crippen molar-refractivity contribution in [3.8, 4) is 0 Å². The lowest BCUT2D eigenvalue weighted by Gasteiger charge is -2.11. The third kappa shape index (κ3) is 3.89. The molecular formula is C19H24ClN4O4+. The molecule has 2 aromatic heterocycles. The molecule has 2 N–H and O–H groups in total. The van der Waals surface area contributed by atoms with Crippen LogP contribution in [0.4, 0.5) is 0 Å². The lowest BCUT2D eigenvalue weighted by atomic mass is 10.2. The van der Waals surface area contributed by atoms with Crippen molar-refractivity contribution in [1.29, 1.82) is 0 Å². The lowest BCUT2D eigenvalue weighted by molar-refractivity contribution is -0.288. The minimum Gasteiger partial charge on any atom is -0.396 e. The molecule has 9 heteroatoms. The van der Waals surface area contributed by atoms with E-state index in [-0.39, 0.29) is 19.8 Å². The fraction of sp³-hybridized carbons (Fsp3) is 0.421. The van der Waals surface area contributed by atoms with Gasteiger partial charge in [-0.25, -0.2) is 9.78 Å². The summed E-state index contributed by atoms with van der Waals surface area (Å²) in [4.78, 5) is 30.2. The molecule has 0 radical (unpaired) electrons. The number of nitrogens with zero attached hydrogens (tertiary/aromatic N) is 4. The summed E-state index contributed by atoms with van der Waals surface area (Å²) in [6.07, 6.45) is 1.29. The molecule has 3 rings (SSSR count). The average Bonchev–Trinajstić information content (AvgIpc) is 3.05. The first-order chi connectivity index (χ1) is 13.5. The van der Waals surface area contributed by atoms with Crippen molar-refractivity contribution in [3.63, 3.8) is 0 Å². The molecule has 0 atom stereocenters. The van der Waals surface area contributed by atoms with Gasteiger partial charge in [0, 0.05) is 51.9 Å². The van der Waals surface area contributed by atoms with E-state index in [1.54, 1.807) is 11.6 Å². The summed E-state index contributed by atoms with van der Waals surface area (Å²) in [5, 5.41) is 19.0. The highest BCUT2D eigenvalue weighted by Gasteiger charge is 2.20. The Morgan fingerprint density at radius 1 is 1.04 bits per heavy atom. The smallest absolute Gasteiger partial charge is 0.332 e. The van der Waals surface area contributed by atoms with Crippen molar-refractivity contribution in [2.75, 3.05) is 13.2 Å². The average molecular weight is 408 g/mol. The summed E-state index contributed by atoms with van der Waals surface area (Å²) in [7, 11) is 1.58. The number of aliphatic hydroxyl groups is 2. The molecule has 0 unspecified atom stereocenters. The van der Waals surface area contributed by atoms with Gasteiger partial charge in [-0.05, 0) is 18.4 Å². The Morgan fingerprint density at radius 3 is 2.36 bits per heavy atom. The number of imidazole rings is 1. The van der Waals surface area contributed by atoms with Crippen molar-refractivity contribution in [2.24, 2.45) is 7.05 Å². The molecule has 2 heterocycles. The van der Waals surface area contributed by atoms with Gasteiger partial charge in [0.05, 0.1) is 0 Å². The topological polar surface area (TPSA) is 102 Å². The maximum Gasteiger partial charge on any atom is 0.332 e. The molecule has 3 aromatic rings. The van der Waals surface area contributed by atoms with Crippen molar-refractivity contribution < 1.29 is 21.8 Å². The normalized spacial score (nSPS) is 11.4. The molecule has 150 valence electrons. The van der Waals surface area contributed by atoms with Gasteiger partial charge in [0.15, 0.2) is 22.8 Å². The summed E-state index contributed by atoms with van der Waals surface area (Å²) < 4.78 is 4.30. The molecule has 0 fully saturated rings. The first kappa shape index (κ1) is 20.3. The largest absolute Gasteiger partial charge is 0.396 e. The Morgan fingerprint density at radius 2 is 1.71 bits per heavy atom. The number of aliphatic hydroxyl groups excluding tert-OH is 2. The van der Waals surface area contributed by atoms with Crippen LogP contribution in [0, 0.1) is 11.6 Å². The van der Waals surface area contributed by atoms with E-state index in [0.717, 1.165) is 15.2 Å². The molecule has 0 aliphatic rings. The Kier molecular flexibility index (Phi) is 6.33. The Bertz CT molecular complexity index is 1080. The third-order valence-electron chi connectivity index (χ3n) is 4.67. The second kappa shape index (κ2) is 8.72. The molecule has 0 amide bonds. The quantitative estimate of drug-likeness (QED) is 0.545. The van der Waals surface area contributed by atoms with Gasteiger partial charge < -0.3 is 14.8 Å². The van der Waals surface area contributed by atoms with Gasteiger partial charge in [-0.3, -0.25) is 13.9 Å². The Hall–Kier alpha value is -2.42. The summed E-state index contributed by atoms with van der Waals surface area (Å²) in [6.45, 7) is 0.440. The van der Waals surface area contributed by atoms with E-state index >= 15 is 0 Å². The molecule has 0 bridgehead atoms. The van der Waals surface area contributed by atoms with Crippen LogP contribution in [0.15, 0.2) is 33.9 Å². The van der Waals surface area contributed by atoms with Crippen LogP contribution in [0.3, 0.4) is 0 Å². The van der Waals surface area contributed by atoms with E-state index in [9.17, 15) is 14.7 Å². The van der Waals surface area contributed by atoms with Gasteiger partial charge in [-0.1, -0.05) is 12.1 Å². The van der Waals surface area contributed by atoms with Crippen molar-refractivity contribution in [2.45, 2.75) is 32.4 Å². The van der Waals surface area contributed by atoms with E-state index < -0.39 is 11.2 Å². The van der Waals surface area contributed by atoms with Crippen LogP contribution in [0.5, 0.6) is 0 Å². The van der Waals surface area contributed by atoms with Crippen molar-refractivity contribution in [1.82, 2.24) is 18.7 Å². The summed E-state index contributed by atoms with van der Waals surface area (Å²) in [5.74, 6) is 0.638. The number of aryl methyl sites for hydroxylation is 2. The van der Waals surface area contributed by atoms with Gasteiger partial charge in [-0.15, -0.1) is 0 Å². The van der Waals surface area contributed by atoms with Crippen molar-refractivity contribution in [3.05, 3.63) is 61.5 Å². The number of rotatable bonds is 8. The second-order valence-electron chi connectivity index (χ2n) is 6.63. The minimum atomic E-state index is -0.459. The second-order valence-corrected chi connectivity index (χ2v) is 7.10. The predicted molar refractivity (Wildman–Crippen MR) is 102 cm³/mol. The molecule has 0 saturated carbocycles. The fourth-order valence-electron chi connectivity index (χ4n) is 3.22. The van der Waals surface area contributed by atoms with E-state index in [4.69, 9.17) is 16.7 Å². The van der Waals surface area contributed by atoms with Gasteiger partial charge >= 0.3 is 5.69 Å². The van der Waals surface area contributed by atoms with E-state index in [1.165, 1.54) is 4.57 Å². The minimum absolute atomic E-state index is 0.00746. The summed E-state index contributed by atoms with van der Waals surface area (Å²) in [6, 6.07) is 7.45. The zero-order valence-electron chi connectivity index (χ0n) is 15.7. The molecular weight excluding hydrogens is 384 g/mol. The fourth-order valence-corrected chi connectivity index (χ4v) is 3.35. The van der Waals surface area contributed by atoms with Gasteiger partial charge in [0.25, 0.3) is 5.56 Å². The number of hydrogen-bond donors (Lipinski definition) is 2. The highest BCUT2D eigenvalue weighted by Crippen LogP contribution is 2.16. The first-order valence-electron chi connectivity index (χ1n) is 9.14. The highest BCUT2D eigenvalue weighted by atomic mass is 35.5. The van der Waals surface area contributed by atoms with Crippen LogP contribution >= 0.6 is 0 Å². The monoisotopic (exact) mass is 407 g/mol. The molecule has 0 aliphatic carbocycles. The zero-order chi connectivity index (χ0) is 20.3. The molecule has 28 heavy (non-hydrogen) atoms. The lowest BCUT2D eigenvalue weighted by Crippen LogP contribution is -2.40. The van der Waals surface area contributed by atoms with Crippen LogP contribution in [-0.2, 0) is 26.6 Å². The maximum atomic E-state index is 13.1. The number of benzene rings is 1. The van der Waals surface area contributed by atoms with Crippen LogP contribution in [0.2, 0.25) is 5.02 Å². The molecule has 0 aliphatic heterocycles. The Labute approximate surface area is 166 Å². The number of halogens is 1. The SMILES string of the molecule is Cn1c(=O)n(CCCO)c(=O)c2c1nc(CCCO)n2Cc1ccc([ClH+])cc1. The molecule has 0 spiro atoms. The van der Waals surface area contributed by atoms with E-state index in [2.05, 4.69) is 4.98 Å². The summed E-state index contributed by atoms with van der Waals surface area (Å²) in [5.41, 5.74) is 0.737. The number of aromatic nitrogens is 4. The van der Waals surface area contributed by atoms with Crippen molar-refractivity contribution >= 4 is 11.2 Å². The van der Waals surface area contributed by atoms with Crippen LogP contribution < -0.4 is 11.2 Å². The van der Waals surface area contributed by atoms with Crippen LogP contribution in [0.25, 0.3) is 11.2 Å². The maximum absolute atomic E-state index is 13.1. The van der Waals surface area contributed by atoms with Gasteiger partial charge in [-0.2, -0.15) is 0 Å². The first-order valence-corrected chi connectivity index (χ1v) is 9.55. The summed E-state index contributed by atoms with van der Waals surface area (Å²) >= 11 is 5.13. The van der Waals surface area contributed by atoms with Gasteiger partial charge in [0.1, 0.15) is 5.82 Å². The standard InChI is InChI=1S/C19H24ClN4O4/c1-22-17-16(18(27)23(19(22)28)9-3-11-26)24(15(21-17)4-2-10-25)12-13-5-7-14(20)8-6-13/h5-8,20,25-26H,2-4,9-12H2,1H3/q+1. The Balaban J connectivity index is 2.22. The molecule has 8 nitrogen and oxygen atoms in total. The van der Waals surface area contributed by atoms with Crippen LogP contribution in [-0.4, -0.2) is 42.1 Å². The van der Waals surface area contributed by atoms with Gasteiger partial charge in [0.2, 0.25) is 5.02 Å². The number of fused-ring (bicyclic) bond motifs is 1.